The summed E-state index contributed by atoms with van der Waals surface area (Å²) in [5.74, 6) is 0. The largest absolute Gasteiger partial charge is 0.309 e. The lowest BCUT2D eigenvalue weighted by molar-refractivity contribution is 1.15. The Balaban J connectivity index is 1.22. The van der Waals surface area contributed by atoms with Crippen LogP contribution in [0, 0.1) is 0 Å². The highest BCUT2D eigenvalue weighted by atomic mass is 15.0. The second-order valence-corrected chi connectivity index (χ2v) is 11.8. The second kappa shape index (κ2) is 9.22. The van der Waals surface area contributed by atoms with Crippen molar-refractivity contribution in [1.29, 1.82) is 0 Å². The van der Waals surface area contributed by atoms with E-state index in [0.717, 1.165) is 11.4 Å². The maximum absolute atomic E-state index is 2.44. The zero-order valence-corrected chi connectivity index (χ0v) is 24.4. The van der Waals surface area contributed by atoms with Crippen LogP contribution in [-0.2, 0) is 0 Å². The van der Waals surface area contributed by atoms with Gasteiger partial charge in [-0.15, -0.1) is 0 Å². The van der Waals surface area contributed by atoms with Crippen LogP contribution in [0.5, 0.6) is 0 Å². The summed E-state index contributed by atoms with van der Waals surface area (Å²) in [7, 11) is 0. The van der Waals surface area contributed by atoms with Gasteiger partial charge in [-0.05, 0) is 77.9 Å². The lowest BCUT2D eigenvalue weighted by atomic mass is 10.1. The van der Waals surface area contributed by atoms with Crippen molar-refractivity contribution in [2.24, 2.45) is 0 Å². The fourth-order valence-electron chi connectivity index (χ4n) is 7.52. The first-order chi connectivity index (χ1) is 22.3. The van der Waals surface area contributed by atoms with Gasteiger partial charge in [-0.2, -0.15) is 0 Å². The molecule has 0 spiro atoms. The van der Waals surface area contributed by atoms with Gasteiger partial charge in [0.15, 0.2) is 0 Å². The Morgan fingerprint density at radius 3 is 1.38 bits per heavy atom. The molecule has 0 saturated heterocycles. The Morgan fingerprint density at radius 1 is 0.267 bits per heavy atom. The van der Waals surface area contributed by atoms with Crippen molar-refractivity contribution in [1.82, 2.24) is 13.7 Å². The molecule has 3 heterocycles. The van der Waals surface area contributed by atoms with Gasteiger partial charge in [0, 0.05) is 38.6 Å². The van der Waals surface area contributed by atoms with E-state index in [9.17, 15) is 0 Å². The van der Waals surface area contributed by atoms with Gasteiger partial charge in [0.25, 0.3) is 0 Å². The van der Waals surface area contributed by atoms with Gasteiger partial charge in [-0.25, -0.2) is 0 Å². The minimum Gasteiger partial charge on any atom is -0.309 e. The van der Waals surface area contributed by atoms with E-state index in [4.69, 9.17) is 0 Å². The number of hydrogen-bond acceptors (Lipinski definition) is 0. The highest BCUT2D eigenvalue weighted by molar-refractivity contribution is 6.25. The minimum absolute atomic E-state index is 1.16. The van der Waals surface area contributed by atoms with Crippen LogP contribution in [0.1, 0.15) is 0 Å². The molecule has 0 unspecified atom stereocenters. The Kier molecular flexibility index (Phi) is 5.00. The van der Waals surface area contributed by atoms with Crippen LogP contribution < -0.4 is 0 Å². The molecule has 210 valence electrons. The zero-order chi connectivity index (χ0) is 29.5. The van der Waals surface area contributed by atoms with Crippen LogP contribution in [0.3, 0.4) is 0 Å². The molecule has 0 aliphatic carbocycles. The predicted octanol–water partition coefficient (Wildman–Crippen LogP) is 10.9. The number of para-hydroxylation sites is 2. The van der Waals surface area contributed by atoms with E-state index in [1.165, 1.54) is 71.5 Å². The van der Waals surface area contributed by atoms with E-state index in [-0.39, 0.29) is 0 Å². The van der Waals surface area contributed by atoms with Crippen LogP contribution in [0.25, 0.3) is 82.8 Å². The smallest absolute Gasteiger partial charge is 0.0563 e. The highest BCUT2D eigenvalue weighted by Gasteiger charge is 2.22. The lowest BCUT2D eigenvalue weighted by Gasteiger charge is -2.13. The molecule has 45 heavy (non-hydrogen) atoms. The normalized spacial score (nSPS) is 12.0. The Morgan fingerprint density at radius 2 is 0.711 bits per heavy atom. The molecule has 0 amide bonds. The molecule has 0 aliphatic heterocycles. The van der Waals surface area contributed by atoms with Crippen LogP contribution in [0.15, 0.2) is 164 Å². The van der Waals surface area contributed by atoms with Crippen LogP contribution in [0.4, 0.5) is 0 Å². The molecule has 3 nitrogen and oxygen atoms in total. The van der Waals surface area contributed by atoms with Crippen molar-refractivity contribution < 1.29 is 0 Å². The summed E-state index contributed by atoms with van der Waals surface area (Å²) < 4.78 is 7.26. The molecule has 10 aromatic rings. The Labute approximate surface area is 259 Å². The molecular formula is C42H27N3. The maximum Gasteiger partial charge on any atom is 0.0563 e. The molecule has 0 saturated carbocycles. The quantitative estimate of drug-likeness (QED) is 0.199. The van der Waals surface area contributed by atoms with Crippen molar-refractivity contribution in [3.63, 3.8) is 0 Å². The Hall–Kier alpha value is -6.06. The van der Waals surface area contributed by atoms with Gasteiger partial charge in [0.1, 0.15) is 0 Å². The SMILES string of the molecule is c1ccc(-c2ccc(-n3c4ccccc4c4ccc(-n5c6cccc7c6c6c(cccc65)n7-c5ccccc5)cc43)cc2)cc1. The summed E-state index contributed by atoms with van der Waals surface area (Å²) >= 11 is 0. The number of nitrogens with zero attached hydrogens (tertiary/aromatic N) is 3. The molecule has 10 rings (SSSR count). The maximum atomic E-state index is 2.44. The van der Waals surface area contributed by atoms with Gasteiger partial charge in [-0.1, -0.05) is 97.1 Å². The third-order valence-electron chi connectivity index (χ3n) is 9.42. The summed E-state index contributed by atoms with van der Waals surface area (Å²) in [5.41, 5.74) is 13.3. The van der Waals surface area contributed by atoms with E-state index < -0.39 is 0 Å². The molecule has 0 atom stereocenters. The fourth-order valence-corrected chi connectivity index (χ4v) is 7.52. The monoisotopic (exact) mass is 573 g/mol. The van der Waals surface area contributed by atoms with Crippen molar-refractivity contribution in [3.8, 4) is 28.2 Å². The molecule has 0 bridgehead atoms. The van der Waals surface area contributed by atoms with E-state index in [2.05, 4.69) is 177 Å². The van der Waals surface area contributed by atoms with Gasteiger partial charge in [-0.3, -0.25) is 0 Å². The molecular weight excluding hydrogens is 546 g/mol. The molecule has 0 aliphatic rings. The summed E-state index contributed by atoms with van der Waals surface area (Å²) in [6.07, 6.45) is 0. The van der Waals surface area contributed by atoms with Gasteiger partial charge < -0.3 is 13.7 Å². The zero-order valence-electron chi connectivity index (χ0n) is 24.4. The topological polar surface area (TPSA) is 14.8 Å². The molecule has 0 fully saturated rings. The first-order valence-corrected chi connectivity index (χ1v) is 15.5. The number of fused-ring (bicyclic) bond motifs is 3. The van der Waals surface area contributed by atoms with Crippen molar-refractivity contribution in [2.75, 3.05) is 0 Å². The number of benzene rings is 7. The standard InChI is InChI=1S/C42H27N3/c1-3-11-28(12-4-1)29-21-23-31(24-22-29)43-35-16-8-7-15-33(35)34-26-25-32(27-40(34)43)45-38-19-9-17-36-41(38)42-37(18-10-20-39(42)45)44(36)30-13-5-2-6-14-30/h1-27H. The number of hydrogen-bond donors (Lipinski definition) is 0. The molecule has 7 aromatic carbocycles. The van der Waals surface area contributed by atoms with Crippen LogP contribution in [-0.4, -0.2) is 13.7 Å². The van der Waals surface area contributed by atoms with Gasteiger partial charge in [0.2, 0.25) is 0 Å². The fraction of sp³-hybridized carbons (Fsp3) is 0. The van der Waals surface area contributed by atoms with Crippen LogP contribution >= 0.6 is 0 Å². The van der Waals surface area contributed by atoms with E-state index in [1.807, 2.05) is 0 Å². The van der Waals surface area contributed by atoms with Crippen molar-refractivity contribution >= 4 is 54.6 Å². The van der Waals surface area contributed by atoms with E-state index in [0.29, 0.717) is 0 Å². The molecule has 0 N–H and O–H groups in total. The minimum atomic E-state index is 1.16. The van der Waals surface area contributed by atoms with E-state index >= 15 is 0 Å². The van der Waals surface area contributed by atoms with Crippen molar-refractivity contribution in [2.45, 2.75) is 0 Å². The average Bonchev–Trinajstić information content (AvgIpc) is 3.75. The molecule has 3 aromatic heterocycles. The third kappa shape index (κ3) is 3.41. The summed E-state index contributed by atoms with van der Waals surface area (Å²) in [5, 5.41) is 5.14. The Bertz CT molecular complexity index is 2600. The van der Waals surface area contributed by atoms with E-state index in [1.54, 1.807) is 0 Å². The van der Waals surface area contributed by atoms with Crippen LogP contribution in [0.2, 0.25) is 0 Å². The number of aromatic nitrogens is 3. The number of rotatable bonds is 4. The third-order valence-corrected chi connectivity index (χ3v) is 9.42. The summed E-state index contributed by atoms with van der Waals surface area (Å²) in [6.45, 7) is 0. The summed E-state index contributed by atoms with van der Waals surface area (Å²) in [6, 6.07) is 59.3. The molecule has 0 radical (unpaired) electrons. The average molecular weight is 574 g/mol. The van der Waals surface area contributed by atoms with Gasteiger partial charge in [0.05, 0.1) is 33.1 Å². The van der Waals surface area contributed by atoms with Crippen molar-refractivity contribution in [3.05, 3.63) is 164 Å². The lowest BCUT2D eigenvalue weighted by Crippen LogP contribution is -1.99. The second-order valence-electron chi connectivity index (χ2n) is 11.8. The highest BCUT2D eigenvalue weighted by Crippen LogP contribution is 2.43. The first-order valence-electron chi connectivity index (χ1n) is 15.5. The molecule has 3 heteroatoms. The summed E-state index contributed by atoms with van der Waals surface area (Å²) in [4.78, 5) is 0. The van der Waals surface area contributed by atoms with Gasteiger partial charge >= 0.3 is 0 Å². The predicted molar refractivity (Wildman–Crippen MR) is 189 cm³/mol. The first kappa shape index (κ1) is 24.4.